The third kappa shape index (κ3) is 4.04. The van der Waals surface area contributed by atoms with E-state index in [9.17, 15) is 5.11 Å². The number of rotatable bonds is 7. The highest BCUT2D eigenvalue weighted by molar-refractivity contribution is 7.11. The third-order valence-corrected chi connectivity index (χ3v) is 4.61. The Hall–Kier alpha value is -0.450. The van der Waals surface area contributed by atoms with Gasteiger partial charge in [-0.3, -0.25) is 0 Å². The van der Waals surface area contributed by atoms with Crippen LogP contribution in [-0.2, 0) is 6.54 Å². The van der Waals surface area contributed by atoms with E-state index in [1.165, 1.54) is 29.1 Å². The molecule has 0 aromatic carbocycles. The van der Waals surface area contributed by atoms with Crippen molar-refractivity contribution in [2.24, 2.45) is 5.92 Å². The summed E-state index contributed by atoms with van der Waals surface area (Å²) in [6.07, 6.45) is 6.60. The predicted molar refractivity (Wildman–Crippen MR) is 75.9 cm³/mol. The van der Waals surface area contributed by atoms with Gasteiger partial charge in [-0.2, -0.15) is 0 Å². The molecule has 1 heterocycles. The zero-order valence-electron chi connectivity index (χ0n) is 11.4. The maximum atomic E-state index is 9.76. The monoisotopic (exact) mass is 268 g/mol. The van der Waals surface area contributed by atoms with E-state index in [-0.39, 0.29) is 6.10 Å². The van der Waals surface area contributed by atoms with Crippen LogP contribution >= 0.6 is 11.3 Å². The summed E-state index contributed by atoms with van der Waals surface area (Å²) < 4.78 is 0. The molecule has 18 heavy (non-hydrogen) atoms. The molecule has 0 saturated heterocycles. The van der Waals surface area contributed by atoms with E-state index in [1.807, 2.05) is 17.5 Å². The van der Waals surface area contributed by atoms with Gasteiger partial charge in [-0.1, -0.05) is 20.3 Å². The molecule has 1 atom stereocenters. The summed E-state index contributed by atoms with van der Waals surface area (Å²) in [7, 11) is 0. The normalized spacial score (nSPS) is 18.0. The van der Waals surface area contributed by atoms with Crippen LogP contribution in [0.25, 0.3) is 0 Å². The molecule has 0 spiro atoms. The van der Waals surface area contributed by atoms with Crippen LogP contribution in [0.3, 0.4) is 0 Å². The molecule has 0 amide bonds. The Morgan fingerprint density at radius 1 is 1.50 bits per heavy atom. The van der Waals surface area contributed by atoms with E-state index >= 15 is 0 Å². The van der Waals surface area contributed by atoms with Gasteiger partial charge in [0.05, 0.1) is 11.1 Å². The number of nitrogens with zero attached hydrogens (tertiary/aromatic N) is 1. The van der Waals surface area contributed by atoms with Crippen LogP contribution in [0.1, 0.15) is 55.3 Å². The Labute approximate surface area is 114 Å². The molecule has 4 heteroatoms. The van der Waals surface area contributed by atoms with Gasteiger partial charge in [-0.25, -0.2) is 4.98 Å². The van der Waals surface area contributed by atoms with Crippen molar-refractivity contribution in [1.29, 1.82) is 0 Å². The largest absolute Gasteiger partial charge is 0.392 e. The molecule has 102 valence electrons. The van der Waals surface area contributed by atoms with Crippen molar-refractivity contribution < 1.29 is 5.11 Å². The lowest BCUT2D eigenvalue weighted by atomic mass is 9.86. The second-order valence-electron chi connectivity index (χ2n) is 5.71. The number of thiazole rings is 1. The van der Waals surface area contributed by atoms with Crippen LogP contribution < -0.4 is 5.32 Å². The van der Waals surface area contributed by atoms with Gasteiger partial charge in [0.25, 0.3) is 0 Å². The fourth-order valence-corrected chi connectivity index (χ4v) is 3.29. The van der Waals surface area contributed by atoms with Gasteiger partial charge in [0.1, 0.15) is 0 Å². The maximum Gasteiger partial charge on any atom is 0.0959 e. The zero-order chi connectivity index (χ0) is 13.0. The van der Waals surface area contributed by atoms with E-state index in [2.05, 4.69) is 24.1 Å². The first-order valence-corrected chi connectivity index (χ1v) is 7.80. The van der Waals surface area contributed by atoms with Crippen molar-refractivity contribution in [3.05, 3.63) is 16.1 Å². The first-order valence-electron chi connectivity index (χ1n) is 6.98. The average Bonchev–Trinajstić information content (AvgIpc) is 2.62. The summed E-state index contributed by atoms with van der Waals surface area (Å²) in [6.45, 7) is 5.78. The Morgan fingerprint density at radius 2 is 2.28 bits per heavy atom. The fourth-order valence-electron chi connectivity index (χ4n) is 2.24. The SMILES string of the molecule is CC(C)CC(O)CNCc1cnc(C2CCC2)s1. The van der Waals surface area contributed by atoms with Crippen molar-refractivity contribution in [2.75, 3.05) is 6.54 Å². The van der Waals surface area contributed by atoms with Crippen molar-refractivity contribution in [3.8, 4) is 0 Å². The highest BCUT2D eigenvalue weighted by Gasteiger charge is 2.22. The van der Waals surface area contributed by atoms with E-state index in [4.69, 9.17) is 0 Å². The summed E-state index contributed by atoms with van der Waals surface area (Å²) in [6, 6.07) is 0. The van der Waals surface area contributed by atoms with Crippen molar-refractivity contribution in [1.82, 2.24) is 10.3 Å². The molecule has 0 radical (unpaired) electrons. The van der Waals surface area contributed by atoms with Gasteiger partial charge in [0.2, 0.25) is 0 Å². The molecule has 1 aliphatic carbocycles. The molecule has 1 unspecified atom stereocenters. The van der Waals surface area contributed by atoms with E-state index in [0.717, 1.165) is 18.9 Å². The summed E-state index contributed by atoms with van der Waals surface area (Å²) in [5, 5.41) is 14.4. The summed E-state index contributed by atoms with van der Waals surface area (Å²) in [5.41, 5.74) is 0. The first-order chi connectivity index (χ1) is 8.65. The number of aliphatic hydroxyl groups is 1. The molecule has 0 bridgehead atoms. The predicted octanol–water partition coefficient (Wildman–Crippen LogP) is 2.91. The molecule has 1 aromatic heterocycles. The Morgan fingerprint density at radius 3 is 2.89 bits per heavy atom. The van der Waals surface area contributed by atoms with E-state index < -0.39 is 0 Å². The first kappa shape index (κ1) is 14.0. The smallest absolute Gasteiger partial charge is 0.0959 e. The highest BCUT2D eigenvalue weighted by atomic mass is 32.1. The number of hydrogen-bond acceptors (Lipinski definition) is 4. The van der Waals surface area contributed by atoms with E-state index in [1.54, 1.807) is 0 Å². The number of hydrogen-bond donors (Lipinski definition) is 2. The maximum absolute atomic E-state index is 9.76. The summed E-state index contributed by atoms with van der Waals surface area (Å²) in [4.78, 5) is 5.79. The van der Waals surface area contributed by atoms with Crippen LogP contribution in [0.5, 0.6) is 0 Å². The van der Waals surface area contributed by atoms with Gasteiger partial charge >= 0.3 is 0 Å². The van der Waals surface area contributed by atoms with E-state index in [0.29, 0.717) is 12.5 Å². The fraction of sp³-hybridized carbons (Fsp3) is 0.786. The Kier molecular flexibility index (Phi) is 5.15. The van der Waals surface area contributed by atoms with Crippen LogP contribution in [-0.4, -0.2) is 22.7 Å². The minimum absolute atomic E-state index is 0.232. The van der Waals surface area contributed by atoms with Crippen LogP contribution in [0.15, 0.2) is 6.20 Å². The molecule has 1 fully saturated rings. The molecule has 2 rings (SSSR count). The topological polar surface area (TPSA) is 45.1 Å². The minimum atomic E-state index is -0.232. The lowest BCUT2D eigenvalue weighted by Crippen LogP contribution is -2.27. The average molecular weight is 268 g/mol. The van der Waals surface area contributed by atoms with Crippen molar-refractivity contribution in [2.45, 2.75) is 58.1 Å². The lowest BCUT2D eigenvalue weighted by molar-refractivity contribution is 0.146. The second-order valence-corrected chi connectivity index (χ2v) is 6.85. The van der Waals surface area contributed by atoms with Crippen molar-refractivity contribution in [3.63, 3.8) is 0 Å². The molecule has 2 N–H and O–H groups in total. The molecule has 1 saturated carbocycles. The van der Waals surface area contributed by atoms with Gasteiger partial charge in [0.15, 0.2) is 0 Å². The number of aliphatic hydroxyl groups excluding tert-OH is 1. The van der Waals surface area contributed by atoms with Gasteiger partial charge in [0, 0.05) is 30.1 Å². The third-order valence-electron chi connectivity index (χ3n) is 3.45. The summed E-state index contributed by atoms with van der Waals surface area (Å²) in [5.74, 6) is 1.28. The van der Waals surface area contributed by atoms with Crippen LogP contribution in [0.2, 0.25) is 0 Å². The highest BCUT2D eigenvalue weighted by Crippen LogP contribution is 2.38. The molecule has 1 aromatic rings. The number of aromatic nitrogens is 1. The van der Waals surface area contributed by atoms with Crippen molar-refractivity contribution >= 4 is 11.3 Å². The second kappa shape index (κ2) is 6.64. The standard InChI is InChI=1S/C14H24N2OS/c1-10(2)6-12(17)7-15-8-13-9-16-14(18-13)11-4-3-5-11/h9-12,15,17H,3-8H2,1-2H3. The lowest BCUT2D eigenvalue weighted by Gasteiger charge is -2.22. The zero-order valence-corrected chi connectivity index (χ0v) is 12.2. The molecular formula is C14H24N2OS. The minimum Gasteiger partial charge on any atom is -0.392 e. The van der Waals surface area contributed by atoms with Crippen LogP contribution in [0, 0.1) is 5.92 Å². The van der Waals surface area contributed by atoms with Gasteiger partial charge in [-0.15, -0.1) is 11.3 Å². The van der Waals surface area contributed by atoms with Gasteiger partial charge in [-0.05, 0) is 25.2 Å². The van der Waals surface area contributed by atoms with Crippen LogP contribution in [0.4, 0.5) is 0 Å². The molecule has 1 aliphatic rings. The molecule has 3 nitrogen and oxygen atoms in total. The number of nitrogens with one attached hydrogen (secondary N) is 1. The van der Waals surface area contributed by atoms with Gasteiger partial charge < -0.3 is 10.4 Å². The summed E-state index contributed by atoms with van der Waals surface area (Å²) >= 11 is 1.83. The molecular weight excluding hydrogens is 244 g/mol. The Balaban J connectivity index is 1.68. The Bertz CT molecular complexity index is 360. The quantitative estimate of drug-likeness (QED) is 0.799. The molecule has 0 aliphatic heterocycles.